The van der Waals surface area contributed by atoms with Gasteiger partial charge in [0.15, 0.2) is 0 Å². The number of benzene rings is 1. The van der Waals surface area contributed by atoms with Crippen LogP contribution in [0.4, 0.5) is 11.5 Å². The van der Waals surface area contributed by atoms with Crippen molar-refractivity contribution in [2.75, 3.05) is 17.2 Å². The molecule has 0 bridgehead atoms. The molecule has 0 saturated heterocycles. The Hall–Kier alpha value is -2.36. The van der Waals surface area contributed by atoms with Crippen LogP contribution >= 0.6 is 0 Å². The van der Waals surface area contributed by atoms with Crippen LogP contribution in [0.3, 0.4) is 0 Å². The third-order valence-corrected chi connectivity index (χ3v) is 2.88. The summed E-state index contributed by atoms with van der Waals surface area (Å²) in [6.45, 7) is 6.72. The Balaban J connectivity index is 2.23. The van der Waals surface area contributed by atoms with Crippen molar-refractivity contribution in [3.63, 3.8) is 0 Å². The van der Waals surface area contributed by atoms with E-state index in [9.17, 15) is 4.79 Å². The molecule has 0 aliphatic carbocycles. The molecule has 0 radical (unpaired) electrons. The Labute approximate surface area is 119 Å². The van der Waals surface area contributed by atoms with E-state index in [2.05, 4.69) is 21.7 Å². The number of carbonyl (C=O) groups is 1. The van der Waals surface area contributed by atoms with Gasteiger partial charge in [-0.05, 0) is 56.2 Å². The van der Waals surface area contributed by atoms with Gasteiger partial charge < -0.3 is 10.6 Å². The lowest BCUT2D eigenvalue weighted by Gasteiger charge is -2.11. The summed E-state index contributed by atoms with van der Waals surface area (Å²) in [5.74, 6) is 0.455. The lowest BCUT2D eigenvalue weighted by Crippen LogP contribution is -2.15. The van der Waals surface area contributed by atoms with Crippen LogP contribution in [0.5, 0.6) is 0 Å². The number of carbonyl (C=O) groups excluding carboxylic acids is 1. The van der Waals surface area contributed by atoms with Crippen molar-refractivity contribution in [1.29, 1.82) is 0 Å². The topological polar surface area (TPSA) is 54.0 Å². The first-order valence-corrected chi connectivity index (χ1v) is 6.68. The number of rotatable bonds is 4. The molecule has 0 aliphatic heterocycles. The number of nitrogens with zero attached hydrogens (tertiary/aromatic N) is 1. The summed E-state index contributed by atoms with van der Waals surface area (Å²) in [6, 6.07) is 9.51. The van der Waals surface area contributed by atoms with Crippen molar-refractivity contribution in [2.45, 2.75) is 20.8 Å². The molecule has 1 heterocycles. The van der Waals surface area contributed by atoms with E-state index in [1.165, 1.54) is 0 Å². The minimum absolute atomic E-state index is 0.154. The van der Waals surface area contributed by atoms with Crippen LogP contribution in [0, 0.1) is 13.8 Å². The van der Waals surface area contributed by atoms with E-state index in [4.69, 9.17) is 0 Å². The van der Waals surface area contributed by atoms with Crippen molar-refractivity contribution in [2.24, 2.45) is 0 Å². The van der Waals surface area contributed by atoms with E-state index in [0.29, 0.717) is 11.4 Å². The number of amides is 1. The van der Waals surface area contributed by atoms with Crippen LogP contribution < -0.4 is 10.6 Å². The first-order valence-electron chi connectivity index (χ1n) is 6.68. The summed E-state index contributed by atoms with van der Waals surface area (Å²) in [4.78, 5) is 16.5. The highest BCUT2D eigenvalue weighted by molar-refractivity contribution is 6.07. The van der Waals surface area contributed by atoms with Crippen molar-refractivity contribution in [1.82, 2.24) is 4.98 Å². The molecular formula is C16H19N3O. The monoisotopic (exact) mass is 269 g/mol. The standard InChI is InChI=1S/C16H19N3O/c1-4-17-15-14(6-5-7-18-15)16(20)19-13-9-11(2)8-12(3)10-13/h5-10H,4H2,1-3H3,(H,17,18)(H,19,20). The molecule has 0 saturated carbocycles. The predicted octanol–water partition coefficient (Wildman–Crippen LogP) is 3.38. The molecular weight excluding hydrogens is 250 g/mol. The second kappa shape index (κ2) is 6.19. The average molecular weight is 269 g/mol. The number of aromatic nitrogens is 1. The number of anilines is 2. The summed E-state index contributed by atoms with van der Waals surface area (Å²) >= 11 is 0. The lowest BCUT2D eigenvalue weighted by molar-refractivity contribution is 0.102. The predicted molar refractivity (Wildman–Crippen MR) is 82.3 cm³/mol. The molecule has 104 valence electrons. The third kappa shape index (κ3) is 3.35. The summed E-state index contributed by atoms with van der Waals surface area (Å²) in [7, 11) is 0. The zero-order valence-corrected chi connectivity index (χ0v) is 12.0. The summed E-state index contributed by atoms with van der Waals surface area (Å²) in [5, 5.41) is 6.01. The van der Waals surface area contributed by atoms with E-state index < -0.39 is 0 Å². The molecule has 4 heteroatoms. The van der Waals surface area contributed by atoms with Crippen LogP contribution in [0.25, 0.3) is 0 Å². The Morgan fingerprint density at radius 1 is 1.20 bits per heavy atom. The SMILES string of the molecule is CCNc1ncccc1C(=O)Nc1cc(C)cc(C)c1. The Morgan fingerprint density at radius 2 is 1.90 bits per heavy atom. The van der Waals surface area contributed by atoms with E-state index in [1.54, 1.807) is 18.3 Å². The summed E-state index contributed by atoms with van der Waals surface area (Å²) < 4.78 is 0. The van der Waals surface area contributed by atoms with Gasteiger partial charge in [0.2, 0.25) is 0 Å². The quantitative estimate of drug-likeness (QED) is 0.894. The fraction of sp³-hybridized carbons (Fsp3) is 0.250. The largest absolute Gasteiger partial charge is 0.370 e. The van der Waals surface area contributed by atoms with Gasteiger partial charge >= 0.3 is 0 Å². The zero-order valence-electron chi connectivity index (χ0n) is 12.0. The van der Waals surface area contributed by atoms with Gasteiger partial charge in [0.25, 0.3) is 5.91 Å². The van der Waals surface area contributed by atoms with Crippen LogP contribution in [0.15, 0.2) is 36.5 Å². The average Bonchev–Trinajstić information content (AvgIpc) is 2.38. The molecule has 0 aliphatic rings. The van der Waals surface area contributed by atoms with E-state index in [0.717, 1.165) is 23.4 Å². The Morgan fingerprint density at radius 3 is 2.55 bits per heavy atom. The second-order valence-corrected chi connectivity index (χ2v) is 4.76. The first kappa shape index (κ1) is 14.1. The molecule has 0 fully saturated rings. The molecule has 2 N–H and O–H groups in total. The molecule has 2 rings (SSSR count). The van der Waals surface area contributed by atoms with Gasteiger partial charge in [-0.1, -0.05) is 6.07 Å². The van der Waals surface area contributed by atoms with Crippen molar-refractivity contribution < 1.29 is 4.79 Å². The first-order chi connectivity index (χ1) is 9.60. The van der Waals surface area contributed by atoms with Crippen molar-refractivity contribution >= 4 is 17.4 Å². The van der Waals surface area contributed by atoms with Gasteiger partial charge in [-0.25, -0.2) is 4.98 Å². The lowest BCUT2D eigenvalue weighted by atomic mass is 10.1. The summed E-state index contributed by atoms with van der Waals surface area (Å²) in [6.07, 6.45) is 1.67. The van der Waals surface area contributed by atoms with Gasteiger partial charge in [0.05, 0.1) is 5.56 Å². The Bertz CT molecular complexity index is 603. The highest BCUT2D eigenvalue weighted by Gasteiger charge is 2.12. The number of pyridine rings is 1. The Kier molecular flexibility index (Phi) is 4.35. The molecule has 20 heavy (non-hydrogen) atoms. The molecule has 1 aromatic carbocycles. The minimum atomic E-state index is -0.154. The number of hydrogen-bond acceptors (Lipinski definition) is 3. The van der Waals surface area contributed by atoms with Crippen LogP contribution in [-0.2, 0) is 0 Å². The molecule has 0 spiro atoms. The number of nitrogens with one attached hydrogen (secondary N) is 2. The van der Waals surface area contributed by atoms with Crippen LogP contribution in [-0.4, -0.2) is 17.4 Å². The molecule has 2 aromatic rings. The zero-order chi connectivity index (χ0) is 14.5. The van der Waals surface area contributed by atoms with Crippen molar-refractivity contribution in [3.8, 4) is 0 Å². The fourth-order valence-electron chi connectivity index (χ4n) is 2.14. The molecule has 1 aromatic heterocycles. The van der Waals surface area contributed by atoms with Gasteiger partial charge in [-0.15, -0.1) is 0 Å². The van der Waals surface area contributed by atoms with E-state index in [1.807, 2.05) is 32.9 Å². The molecule has 0 atom stereocenters. The van der Waals surface area contributed by atoms with Gasteiger partial charge in [0.1, 0.15) is 5.82 Å². The van der Waals surface area contributed by atoms with Crippen LogP contribution in [0.1, 0.15) is 28.4 Å². The fourth-order valence-corrected chi connectivity index (χ4v) is 2.14. The molecule has 4 nitrogen and oxygen atoms in total. The summed E-state index contributed by atoms with van der Waals surface area (Å²) in [5.41, 5.74) is 3.60. The minimum Gasteiger partial charge on any atom is -0.370 e. The third-order valence-electron chi connectivity index (χ3n) is 2.88. The maximum Gasteiger partial charge on any atom is 0.259 e. The normalized spacial score (nSPS) is 10.2. The number of aryl methyl sites for hydroxylation is 2. The molecule has 0 unspecified atom stereocenters. The maximum atomic E-state index is 12.3. The second-order valence-electron chi connectivity index (χ2n) is 4.76. The number of hydrogen-bond donors (Lipinski definition) is 2. The van der Waals surface area contributed by atoms with E-state index in [-0.39, 0.29) is 5.91 Å². The van der Waals surface area contributed by atoms with Crippen molar-refractivity contribution in [3.05, 3.63) is 53.2 Å². The van der Waals surface area contributed by atoms with Gasteiger partial charge in [-0.2, -0.15) is 0 Å². The smallest absolute Gasteiger partial charge is 0.259 e. The van der Waals surface area contributed by atoms with Gasteiger partial charge in [0, 0.05) is 18.4 Å². The van der Waals surface area contributed by atoms with Gasteiger partial charge in [-0.3, -0.25) is 4.79 Å². The highest BCUT2D eigenvalue weighted by Crippen LogP contribution is 2.17. The van der Waals surface area contributed by atoms with Crippen LogP contribution in [0.2, 0.25) is 0 Å². The molecule has 1 amide bonds. The van der Waals surface area contributed by atoms with E-state index >= 15 is 0 Å². The maximum absolute atomic E-state index is 12.3. The highest BCUT2D eigenvalue weighted by atomic mass is 16.1.